The van der Waals surface area contributed by atoms with Crippen LogP contribution in [-0.2, 0) is 12.8 Å². The Kier molecular flexibility index (Phi) is 4.20. The second-order valence-corrected chi connectivity index (χ2v) is 7.04. The van der Waals surface area contributed by atoms with Gasteiger partial charge in [-0.1, -0.05) is 6.07 Å². The van der Waals surface area contributed by atoms with Gasteiger partial charge in [-0.25, -0.2) is 0 Å². The maximum atomic E-state index is 5.46. The lowest BCUT2D eigenvalue weighted by Crippen LogP contribution is -2.06. The van der Waals surface area contributed by atoms with Gasteiger partial charge in [0.05, 0.1) is 18.8 Å². The zero-order valence-electron chi connectivity index (χ0n) is 13.0. The molecule has 1 heterocycles. The van der Waals surface area contributed by atoms with Gasteiger partial charge in [-0.2, -0.15) is 0 Å². The Hall–Kier alpha value is -1.48. The van der Waals surface area contributed by atoms with Crippen molar-refractivity contribution >= 4 is 17.0 Å². The molecule has 0 bridgehead atoms. The third kappa shape index (κ3) is 3.08. The van der Waals surface area contributed by atoms with Gasteiger partial charge in [0.2, 0.25) is 0 Å². The summed E-state index contributed by atoms with van der Waals surface area (Å²) in [6.07, 6.45) is 5.21. The molecule has 2 nitrogen and oxygen atoms in total. The van der Waals surface area contributed by atoms with Crippen LogP contribution in [-0.4, -0.2) is 7.11 Å². The number of hydrogen-bond acceptors (Lipinski definition) is 3. The lowest BCUT2D eigenvalue weighted by atomic mass is 9.99. The van der Waals surface area contributed by atoms with Crippen LogP contribution in [0.3, 0.4) is 0 Å². The van der Waals surface area contributed by atoms with Crippen molar-refractivity contribution in [1.82, 2.24) is 0 Å². The molecule has 1 atom stereocenters. The van der Waals surface area contributed by atoms with Crippen LogP contribution in [0, 0.1) is 6.92 Å². The van der Waals surface area contributed by atoms with Crippen LogP contribution >= 0.6 is 11.3 Å². The summed E-state index contributed by atoms with van der Waals surface area (Å²) in [5, 5.41) is 3.61. The van der Waals surface area contributed by atoms with E-state index in [-0.39, 0.29) is 0 Å². The van der Waals surface area contributed by atoms with Crippen molar-refractivity contribution in [3.63, 3.8) is 0 Å². The lowest BCUT2D eigenvalue weighted by molar-refractivity contribution is 0.416. The molecule has 1 aliphatic rings. The Morgan fingerprint density at radius 1 is 1.19 bits per heavy atom. The molecule has 0 amide bonds. The maximum Gasteiger partial charge on any atom is 0.141 e. The van der Waals surface area contributed by atoms with Crippen molar-refractivity contribution in [3.8, 4) is 5.75 Å². The van der Waals surface area contributed by atoms with Crippen molar-refractivity contribution < 1.29 is 4.74 Å². The number of fused-ring (bicyclic) bond motifs is 1. The van der Waals surface area contributed by atoms with Crippen LogP contribution in [0.1, 0.15) is 46.7 Å². The highest BCUT2D eigenvalue weighted by Crippen LogP contribution is 2.35. The van der Waals surface area contributed by atoms with Crippen LogP contribution in [0.15, 0.2) is 24.3 Å². The van der Waals surface area contributed by atoms with Gasteiger partial charge >= 0.3 is 0 Å². The minimum absolute atomic E-state index is 0.316. The van der Waals surface area contributed by atoms with Crippen molar-refractivity contribution in [1.29, 1.82) is 0 Å². The summed E-state index contributed by atoms with van der Waals surface area (Å²) in [6.45, 7) is 4.35. The molecular weight excluding hydrogens is 278 g/mol. The monoisotopic (exact) mass is 301 g/mol. The maximum absolute atomic E-state index is 5.46. The first-order valence-corrected chi connectivity index (χ1v) is 8.51. The molecule has 0 saturated heterocycles. The molecule has 1 aromatic carbocycles. The van der Waals surface area contributed by atoms with E-state index in [4.69, 9.17) is 4.74 Å². The van der Waals surface area contributed by atoms with E-state index in [1.807, 2.05) is 17.4 Å². The van der Waals surface area contributed by atoms with Gasteiger partial charge in [0, 0.05) is 9.75 Å². The van der Waals surface area contributed by atoms with E-state index in [2.05, 4.69) is 37.4 Å². The molecule has 1 aromatic heterocycles. The molecule has 3 rings (SSSR count). The second kappa shape index (κ2) is 6.10. The molecule has 3 heteroatoms. The van der Waals surface area contributed by atoms with Crippen molar-refractivity contribution in [2.24, 2.45) is 0 Å². The summed E-state index contributed by atoms with van der Waals surface area (Å²) < 4.78 is 5.46. The normalized spacial score (nSPS) is 15.4. The molecule has 0 fully saturated rings. The molecule has 21 heavy (non-hydrogen) atoms. The summed E-state index contributed by atoms with van der Waals surface area (Å²) in [6, 6.07) is 8.99. The second-order valence-electron chi connectivity index (χ2n) is 5.87. The van der Waals surface area contributed by atoms with Crippen LogP contribution in [0.2, 0.25) is 0 Å². The topological polar surface area (TPSA) is 21.3 Å². The number of anilines is 1. The van der Waals surface area contributed by atoms with Gasteiger partial charge in [0.25, 0.3) is 0 Å². The predicted octanol–water partition coefficient (Wildman–Crippen LogP) is 5.12. The van der Waals surface area contributed by atoms with E-state index in [1.165, 1.54) is 36.1 Å². The summed E-state index contributed by atoms with van der Waals surface area (Å²) in [5.74, 6) is 0.911. The number of hydrogen-bond donors (Lipinski definition) is 1. The number of nitrogens with one attached hydrogen (secondary N) is 1. The number of methoxy groups -OCH3 is 1. The summed E-state index contributed by atoms with van der Waals surface area (Å²) >= 11 is 1.98. The van der Waals surface area contributed by atoms with E-state index in [9.17, 15) is 0 Å². The lowest BCUT2D eigenvalue weighted by Gasteiger charge is -2.17. The number of ether oxygens (including phenoxy) is 1. The first kappa shape index (κ1) is 14.5. The van der Waals surface area contributed by atoms with Gasteiger partial charge in [-0.15, -0.1) is 11.3 Å². The van der Waals surface area contributed by atoms with Gasteiger partial charge in [-0.3, -0.25) is 0 Å². The minimum Gasteiger partial charge on any atom is -0.495 e. The Bertz CT molecular complexity index is 609. The average Bonchev–Trinajstić information content (AvgIpc) is 2.91. The number of aryl methyl sites for hydroxylation is 3. The average molecular weight is 301 g/mol. The summed E-state index contributed by atoms with van der Waals surface area (Å²) in [7, 11) is 1.73. The Morgan fingerprint density at radius 3 is 2.76 bits per heavy atom. The van der Waals surface area contributed by atoms with Gasteiger partial charge in [0.15, 0.2) is 0 Å². The Morgan fingerprint density at radius 2 is 2.00 bits per heavy atom. The van der Waals surface area contributed by atoms with E-state index in [1.54, 1.807) is 17.6 Å². The molecule has 0 saturated carbocycles. The quantitative estimate of drug-likeness (QED) is 0.846. The van der Waals surface area contributed by atoms with E-state index in [0.717, 1.165) is 11.4 Å². The molecule has 0 aliphatic heterocycles. The minimum atomic E-state index is 0.316. The molecule has 2 aromatic rings. The molecular formula is C18H23NOS. The highest BCUT2D eigenvalue weighted by atomic mass is 32.1. The van der Waals surface area contributed by atoms with E-state index < -0.39 is 0 Å². The number of rotatable bonds is 4. The van der Waals surface area contributed by atoms with Crippen LogP contribution < -0.4 is 10.1 Å². The van der Waals surface area contributed by atoms with Crippen molar-refractivity contribution in [3.05, 3.63) is 45.1 Å². The van der Waals surface area contributed by atoms with Crippen LogP contribution in [0.5, 0.6) is 5.75 Å². The predicted molar refractivity (Wildman–Crippen MR) is 90.7 cm³/mol. The molecule has 1 N–H and O–H groups in total. The molecule has 112 valence electrons. The standard InChI is InChI=1S/C18H23NOS/c1-12-8-9-16(20-3)15(10-12)19-13(2)18-11-14-6-4-5-7-17(14)21-18/h8-11,13,19H,4-7H2,1-3H3. The zero-order chi connectivity index (χ0) is 14.8. The fraction of sp³-hybridized carbons (Fsp3) is 0.444. The van der Waals surface area contributed by atoms with Gasteiger partial charge in [-0.05, 0) is 68.9 Å². The van der Waals surface area contributed by atoms with Crippen LogP contribution in [0.25, 0.3) is 0 Å². The summed E-state index contributed by atoms with van der Waals surface area (Å²) in [5.41, 5.74) is 3.90. The smallest absolute Gasteiger partial charge is 0.141 e. The SMILES string of the molecule is COc1ccc(C)cc1NC(C)c1cc2c(s1)CCCC2. The van der Waals surface area contributed by atoms with Crippen molar-refractivity contribution in [2.75, 3.05) is 12.4 Å². The van der Waals surface area contributed by atoms with Crippen LogP contribution in [0.4, 0.5) is 5.69 Å². The first-order valence-electron chi connectivity index (χ1n) is 7.70. The number of benzene rings is 1. The fourth-order valence-corrected chi connectivity index (χ4v) is 4.23. The van der Waals surface area contributed by atoms with Gasteiger partial charge in [0.1, 0.15) is 5.75 Å². The Labute approximate surface area is 131 Å². The Balaban J connectivity index is 1.81. The fourth-order valence-electron chi connectivity index (χ4n) is 2.97. The van der Waals surface area contributed by atoms with Crippen molar-refractivity contribution in [2.45, 2.75) is 45.6 Å². The molecule has 0 spiro atoms. The third-order valence-corrected chi connectivity index (χ3v) is 5.59. The zero-order valence-corrected chi connectivity index (χ0v) is 13.8. The number of thiophene rings is 1. The third-order valence-electron chi connectivity index (χ3n) is 4.17. The highest BCUT2D eigenvalue weighted by Gasteiger charge is 2.17. The van der Waals surface area contributed by atoms with E-state index in [0.29, 0.717) is 6.04 Å². The molecule has 1 unspecified atom stereocenters. The molecule has 0 radical (unpaired) electrons. The van der Waals surface area contributed by atoms with E-state index >= 15 is 0 Å². The molecule has 1 aliphatic carbocycles. The first-order chi connectivity index (χ1) is 10.2. The summed E-state index contributed by atoms with van der Waals surface area (Å²) in [4.78, 5) is 3.03. The van der Waals surface area contributed by atoms with Gasteiger partial charge < -0.3 is 10.1 Å². The largest absolute Gasteiger partial charge is 0.495 e. The highest BCUT2D eigenvalue weighted by molar-refractivity contribution is 7.12.